The van der Waals surface area contributed by atoms with E-state index in [0.717, 1.165) is 20.6 Å². The van der Waals surface area contributed by atoms with Crippen LogP contribution in [0.4, 0.5) is 13.2 Å². The van der Waals surface area contributed by atoms with E-state index in [1.807, 2.05) is 6.92 Å². The van der Waals surface area contributed by atoms with Crippen LogP contribution in [0.15, 0.2) is 23.0 Å². The number of aromatic nitrogens is 5. The van der Waals surface area contributed by atoms with Gasteiger partial charge in [0.1, 0.15) is 11.0 Å². The van der Waals surface area contributed by atoms with Gasteiger partial charge in [0.25, 0.3) is 5.89 Å². The number of thiazole rings is 1. The molecule has 0 aliphatic rings. The van der Waals surface area contributed by atoms with Crippen molar-refractivity contribution in [1.29, 1.82) is 0 Å². The van der Waals surface area contributed by atoms with Crippen molar-refractivity contribution in [2.75, 3.05) is 0 Å². The summed E-state index contributed by atoms with van der Waals surface area (Å²) >= 11 is 1.53. The van der Waals surface area contributed by atoms with Gasteiger partial charge in [0, 0.05) is 17.3 Å². The number of hydrogen-bond acceptors (Lipinski definition) is 6. The second-order valence-corrected chi connectivity index (χ2v) is 6.26. The molecule has 0 saturated carbocycles. The summed E-state index contributed by atoms with van der Waals surface area (Å²) in [7, 11) is 0. The van der Waals surface area contributed by atoms with E-state index in [4.69, 9.17) is 4.52 Å². The fourth-order valence-electron chi connectivity index (χ4n) is 1.95. The Hall–Kier alpha value is -2.23. The molecule has 23 heavy (non-hydrogen) atoms. The van der Waals surface area contributed by atoms with Gasteiger partial charge < -0.3 is 4.52 Å². The third-order valence-electron chi connectivity index (χ3n) is 3.12. The van der Waals surface area contributed by atoms with E-state index in [-0.39, 0.29) is 5.89 Å². The molecule has 3 aromatic rings. The summed E-state index contributed by atoms with van der Waals surface area (Å²) in [5.41, 5.74) is -0.956. The van der Waals surface area contributed by atoms with Gasteiger partial charge in [-0.2, -0.15) is 23.3 Å². The van der Waals surface area contributed by atoms with E-state index >= 15 is 0 Å². The van der Waals surface area contributed by atoms with Crippen LogP contribution in [0.1, 0.15) is 40.3 Å². The molecule has 0 N–H and O–H groups in total. The number of aryl methyl sites for hydroxylation is 1. The lowest BCUT2D eigenvalue weighted by molar-refractivity contribution is -0.141. The molecule has 0 amide bonds. The molecule has 6 nitrogen and oxygen atoms in total. The molecule has 0 saturated heterocycles. The molecule has 0 fully saturated rings. The Morgan fingerprint density at radius 2 is 2.17 bits per heavy atom. The zero-order valence-corrected chi connectivity index (χ0v) is 13.0. The summed E-state index contributed by atoms with van der Waals surface area (Å²) in [6.45, 7) is 3.58. The summed E-state index contributed by atoms with van der Waals surface area (Å²) < 4.78 is 44.0. The van der Waals surface area contributed by atoms with Crippen molar-refractivity contribution in [3.8, 4) is 0 Å². The molecule has 0 aliphatic heterocycles. The maximum absolute atomic E-state index is 12.6. The molecular formula is C13H12F3N5OS. The van der Waals surface area contributed by atoms with Crippen LogP contribution in [0.2, 0.25) is 0 Å². The highest BCUT2D eigenvalue weighted by Crippen LogP contribution is 2.28. The summed E-state index contributed by atoms with van der Waals surface area (Å²) in [6.07, 6.45) is -1.07. The van der Waals surface area contributed by atoms with E-state index in [1.165, 1.54) is 17.5 Å². The molecule has 3 aromatic heterocycles. The molecule has 1 unspecified atom stereocenters. The van der Waals surface area contributed by atoms with Crippen molar-refractivity contribution in [2.45, 2.75) is 32.5 Å². The van der Waals surface area contributed by atoms with Gasteiger partial charge in [0.05, 0.1) is 6.42 Å². The Balaban J connectivity index is 1.75. The quantitative estimate of drug-likeness (QED) is 0.727. The van der Waals surface area contributed by atoms with Gasteiger partial charge in [-0.05, 0) is 19.9 Å². The second kappa shape index (κ2) is 5.76. The third kappa shape index (κ3) is 3.41. The van der Waals surface area contributed by atoms with E-state index in [1.54, 1.807) is 13.1 Å². The summed E-state index contributed by atoms with van der Waals surface area (Å²) in [5.74, 6) is 0.634. The molecule has 0 spiro atoms. The normalized spacial score (nSPS) is 13.4. The van der Waals surface area contributed by atoms with Crippen LogP contribution in [0.25, 0.3) is 0 Å². The van der Waals surface area contributed by atoms with Crippen LogP contribution < -0.4 is 0 Å². The average molecular weight is 343 g/mol. The Morgan fingerprint density at radius 1 is 1.39 bits per heavy atom. The van der Waals surface area contributed by atoms with Crippen molar-refractivity contribution in [3.05, 3.63) is 45.8 Å². The van der Waals surface area contributed by atoms with Gasteiger partial charge in [-0.1, -0.05) is 5.16 Å². The summed E-state index contributed by atoms with van der Waals surface area (Å²) in [4.78, 5) is 9.49. The fraction of sp³-hybridized carbons (Fsp3) is 0.385. The first-order chi connectivity index (χ1) is 10.8. The van der Waals surface area contributed by atoms with Crippen LogP contribution in [0, 0.1) is 6.92 Å². The molecule has 0 radical (unpaired) electrons. The lowest BCUT2D eigenvalue weighted by atomic mass is 10.3. The highest BCUT2D eigenvalue weighted by Gasteiger charge is 2.34. The van der Waals surface area contributed by atoms with Crippen molar-refractivity contribution in [1.82, 2.24) is 24.9 Å². The number of nitrogens with zero attached hydrogens (tertiary/aromatic N) is 5. The Bertz CT molecular complexity index is 806. The monoisotopic (exact) mass is 343 g/mol. The minimum Gasteiger partial charge on any atom is -0.337 e. The predicted molar refractivity (Wildman–Crippen MR) is 75.0 cm³/mol. The summed E-state index contributed by atoms with van der Waals surface area (Å²) in [5, 5.41) is 8.20. The van der Waals surface area contributed by atoms with Crippen LogP contribution >= 0.6 is 11.3 Å². The SMILES string of the molecule is Cc1cnc(Cc2noc(C(C)n3ccc(C(F)(F)F)n3)n2)s1. The smallest absolute Gasteiger partial charge is 0.337 e. The number of rotatable bonds is 4. The molecule has 1 atom stereocenters. The van der Waals surface area contributed by atoms with Gasteiger partial charge in [0.15, 0.2) is 11.5 Å². The zero-order chi connectivity index (χ0) is 16.6. The van der Waals surface area contributed by atoms with Crippen molar-refractivity contribution >= 4 is 11.3 Å². The van der Waals surface area contributed by atoms with Crippen LogP contribution in [0.5, 0.6) is 0 Å². The fourth-order valence-corrected chi connectivity index (χ4v) is 2.73. The Labute approximate surface area is 133 Å². The topological polar surface area (TPSA) is 69.6 Å². The first-order valence-electron chi connectivity index (χ1n) is 6.69. The first kappa shape index (κ1) is 15.7. The lowest BCUT2D eigenvalue weighted by Gasteiger charge is -2.07. The number of hydrogen-bond donors (Lipinski definition) is 0. The second-order valence-electron chi connectivity index (χ2n) is 4.94. The Kier molecular flexibility index (Phi) is 3.92. The molecule has 3 rings (SSSR count). The van der Waals surface area contributed by atoms with E-state index in [2.05, 4.69) is 20.2 Å². The summed E-state index contributed by atoms with van der Waals surface area (Å²) in [6, 6.07) is 0.317. The highest BCUT2D eigenvalue weighted by atomic mass is 32.1. The minimum absolute atomic E-state index is 0.199. The molecule has 10 heteroatoms. The third-order valence-corrected chi connectivity index (χ3v) is 4.03. The molecule has 0 bridgehead atoms. The van der Waals surface area contributed by atoms with Crippen molar-refractivity contribution in [2.24, 2.45) is 0 Å². The van der Waals surface area contributed by atoms with E-state index in [0.29, 0.717) is 12.2 Å². The van der Waals surface area contributed by atoms with E-state index in [9.17, 15) is 13.2 Å². The maximum atomic E-state index is 12.6. The zero-order valence-electron chi connectivity index (χ0n) is 12.2. The van der Waals surface area contributed by atoms with Gasteiger partial charge in [-0.15, -0.1) is 11.3 Å². The highest BCUT2D eigenvalue weighted by molar-refractivity contribution is 7.11. The van der Waals surface area contributed by atoms with Crippen LogP contribution in [0.3, 0.4) is 0 Å². The molecule has 3 heterocycles. The Morgan fingerprint density at radius 3 is 2.78 bits per heavy atom. The average Bonchev–Trinajstić information content (AvgIpc) is 3.18. The van der Waals surface area contributed by atoms with E-state index < -0.39 is 17.9 Å². The standard InChI is InChI=1S/C13H12F3N5OS/c1-7-6-17-11(23-7)5-10-18-12(22-20-10)8(2)21-4-3-9(19-21)13(14,15)16/h3-4,6,8H,5H2,1-2H3. The molecule has 0 aromatic carbocycles. The largest absolute Gasteiger partial charge is 0.435 e. The van der Waals surface area contributed by atoms with Gasteiger partial charge >= 0.3 is 6.18 Å². The number of alkyl halides is 3. The van der Waals surface area contributed by atoms with Gasteiger partial charge in [0.2, 0.25) is 0 Å². The maximum Gasteiger partial charge on any atom is 0.435 e. The molecule has 0 aliphatic carbocycles. The van der Waals surface area contributed by atoms with Crippen LogP contribution in [-0.4, -0.2) is 24.9 Å². The van der Waals surface area contributed by atoms with Crippen molar-refractivity contribution in [3.63, 3.8) is 0 Å². The lowest BCUT2D eigenvalue weighted by Crippen LogP contribution is -2.11. The predicted octanol–water partition coefficient (Wildman–Crippen LogP) is 3.25. The molecule has 122 valence electrons. The van der Waals surface area contributed by atoms with Gasteiger partial charge in [-0.25, -0.2) is 4.98 Å². The molecular weight excluding hydrogens is 331 g/mol. The first-order valence-corrected chi connectivity index (χ1v) is 7.50. The van der Waals surface area contributed by atoms with Crippen LogP contribution in [-0.2, 0) is 12.6 Å². The minimum atomic E-state index is -4.48. The van der Waals surface area contributed by atoms with Crippen molar-refractivity contribution < 1.29 is 17.7 Å². The number of halogens is 3. The van der Waals surface area contributed by atoms with Gasteiger partial charge in [-0.3, -0.25) is 4.68 Å².